The minimum atomic E-state index is -3.50. The molecule has 0 saturated carbocycles. The first-order valence-corrected chi connectivity index (χ1v) is 8.49. The minimum absolute atomic E-state index is 0.0430. The second-order valence-electron chi connectivity index (χ2n) is 5.00. The van der Waals surface area contributed by atoms with Gasteiger partial charge < -0.3 is 10.0 Å². The molecule has 1 fully saturated rings. The number of hydrogen-bond donors (Lipinski definition) is 2. The Morgan fingerprint density at radius 2 is 2.05 bits per heavy atom. The van der Waals surface area contributed by atoms with E-state index in [0.29, 0.717) is 18.7 Å². The van der Waals surface area contributed by atoms with Crippen LogP contribution in [0.5, 0.6) is 0 Å². The summed E-state index contributed by atoms with van der Waals surface area (Å²) in [6, 6.07) is 5.74. The summed E-state index contributed by atoms with van der Waals surface area (Å²) in [5.41, 5.74) is 0.436. The molecule has 7 heteroatoms. The molecule has 0 bridgehead atoms. The number of nitrogens with one attached hydrogen (secondary N) is 1. The highest BCUT2D eigenvalue weighted by Crippen LogP contribution is 2.20. The molecule has 1 aliphatic rings. The zero-order chi connectivity index (χ0) is 15.5. The highest BCUT2D eigenvalue weighted by Gasteiger charge is 2.28. The van der Waals surface area contributed by atoms with E-state index in [1.165, 1.54) is 24.3 Å². The maximum absolute atomic E-state index is 12.4. The van der Waals surface area contributed by atoms with Crippen molar-refractivity contribution in [1.29, 1.82) is 0 Å². The average Bonchev–Trinajstić information content (AvgIpc) is 2.95. The molecule has 116 valence electrons. The van der Waals surface area contributed by atoms with Crippen molar-refractivity contribution >= 4 is 15.9 Å². The van der Waals surface area contributed by atoms with Gasteiger partial charge in [-0.3, -0.25) is 4.79 Å². The molecule has 0 aromatic heterocycles. The summed E-state index contributed by atoms with van der Waals surface area (Å²) in [6.45, 7) is 2.60. The molecule has 0 spiro atoms. The molecule has 0 radical (unpaired) electrons. The van der Waals surface area contributed by atoms with Gasteiger partial charge in [0.05, 0.1) is 17.5 Å². The number of benzene rings is 1. The lowest BCUT2D eigenvalue weighted by molar-refractivity contribution is 0.0677. The summed E-state index contributed by atoms with van der Waals surface area (Å²) in [6.07, 6.45) is 1.68. The van der Waals surface area contributed by atoms with Crippen molar-refractivity contribution in [2.45, 2.75) is 30.7 Å². The predicted octanol–water partition coefficient (Wildman–Crippen LogP) is 0.582. The Kier molecular flexibility index (Phi) is 4.97. The third-order valence-electron chi connectivity index (χ3n) is 3.59. The van der Waals surface area contributed by atoms with Gasteiger partial charge in [-0.2, -0.15) is 0 Å². The number of hydrogen-bond acceptors (Lipinski definition) is 4. The first kappa shape index (κ1) is 15.9. The van der Waals surface area contributed by atoms with E-state index in [1.807, 2.05) is 0 Å². The molecule has 1 aliphatic heterocycles. The van der Waals surface area contributed by atoms with Crippen LogP contribution in [0.4, 0.5) is 0 Å². The number of aliphatic hydroxyl groups is 1. The van der Waals surface area contributed by atoms with Crippen LogP contribution < -0.4 is 4.72 Å². The van der Waals surface area contributed by atoms with Gasteiger partial charge in [0, 0.05) is 18.7 Å². The second kappa shape index (κ2) is 6.55. The molecule has 1 unspecified atom stereocenters. The van der Waals surface area contributed by atoms with Gasteiger partial charge in [-0.25, -0.2) is 13.1 Å². The maximum atomic E-state index is 12.4. The normalized spacial score (nSPS) is 19.0. The summed E-state index contributed by atoms with van der Waals surface area (Å²) in [4.78, 5) is 14.1. The Hall–Kier alpha value is -1.44. The summed E-state index contributed by atoms with van der Waals surface area (Å²) < 4.78 is 26.1. The number of nitrogens with zero attached hydrogens (tertiary/aromatic N) is 1. The minimum Gasteiger partial charge on any atom is -0.394 e. The van der Waals surface area contributed by atoms with Gasteiger partial charge in [-0.15, -0.1) is 0 Å². The monoisotopic (exact) mass is 312 g/mol. The smallest absolute Gasteiger partial charge is 0.254 e. The zero-order valence-electron chi connectivity index (χ0n) is 11.9. The van der Waals surface area contributed by atoms with Crippen molar-refractivity contribution in [3.63, 3.8) is 0 Å². The molecule has 6 nitrogen and oxygen atoms in total. The molecule has 0 aliphatic carbocycles. The van der Waals surface area contributed by atoms with Gasteiger partial charge in [0.25, 0.3) is 5.91 Å². The molecule has 1 aromatic rings. The number of likely N-dealkylation sites (tertiary alicyclic amines) is 1. The fourth-order valence-corrected chi connectivity index (χ4v) is 3.55. The van der Waals surface area contributed by atoms with E-state index in [4.69, 9.17) is 0 Å². The van der Waals surface area contributed by atoms with Crippen molar-refractivity contribution in [2.24, 2.45) is 0 Å². The van der Waals surface area contributed by atoms with E-state index >= 15 is 0 Å². The van der Waals surface area contributed by atoms with Crippen LogP contribution in [-0.4, -0.2) is 50.1 Å². The molecule has 1 aromatic carbocycles. The lowest BCUT2D eigenvalue weighted by Gasteiger charge is -2.23. The van der Waals surface area contributed by atoms with E-state index in [1.54, 1.807) is 11.8 Å². The molecular weight excluding hydrogens is 292 g/mol. The van der Waals surface area contributed by atoms with Crippen LogP contribution in [0.2, 0.25) is 0 Å². The number of amides is 1. The fourth-order valence-electron chi connectivity index (χ4n) is 2.51. The lowest BCUT2D eigenvalue weighted by atomic mass is 10.2. The van der Waals surface area contributed by atoms with E-state index in [9.17, 15) is 18.3 Å². The van der Waals surface area contributed by atoms with Gasteiger partial charge in [0.15, 0.2) is 0 Å². The van der Waals surface area contributed by atoms with Crippen molar-refractivity contribution in [1.82, 2.24) is 9.62 Å². The first-order chi connectivity index (χ1) is 9.99. The van der Waals surface area contributed by atoms with Crippen LogP contribution in [-0.2, 0) is 10.0 Å². The van der Waals surface area contributed by atoms with E-state index in [0.717, 1.165) is 12.8 Å². The van der Waals surface area contributed by atoms with Crippen molar-refractivity contribution in [3.8, 4) is 0 Å². The third kappa shape index (κ3) is 3.42. The molecule has 1 heterocycles. The highest BCUT2D eigenvalue weighted by atomic mass is 32.2. The van der Waals surface area contributed by atoms with E-state index < -0.39 is 10.0 Å². The fraction of sp³-hybridized carbons (Fsp3) is 0.500. The second-order valence-corrected chi connectivity index (χ2v) is 6.77. The molecule has 1 atom stereocenters. The third-order valence-corrected chi connectivity index (χ3v) is 5.16. The average molecular weight is 312 g/mol. The van der Waals surface area contributed by atoms with Crippen LogP contribution in [0.15, 0.2) is 29.2 Å². The SMILES string of the molecule is CCNS(=O)(=O)c1ccc(C(=O)N2CCCC2CO)cc1. The van der Waals surface area contributed by atoms with E-state index in [-0.39, 0.29) is 23.5 Å². The Labute approximate surface area is 124 Å². The topological polar surface area (TPSA) is 86.7 Å². The first-order valence-electron chi connectivity index (χ1n) is 7.01. The van der Waals surface area contributed by atoms with Crippen LogP contribution in [0.1, 0.15) is 30.1 Å². The Morgan fingerprint density at radius 1 is 1.38 bits per heavy atom. The van der Waals surface area contributed by atoms with Crippen molar-refractivity contribution in [2.75, 3.05) is 19.7 Å². The van der Waals surface area contributed by atoms with Crippen molar-refractivity contribution < 1.29 is 18.3 Å². The lowest BCUT2D eigenvalue weighted by Crippen LogP contribution is -2.37. The molecule has 1 saturated heterocycles. The molecule has 21 heavy (non-hydrogen) atoms. The van der Waals surface area contributed by atoms with Gasteiger partial charge in [-0.1, -0.05) is 6.92 Å². The number of carbonyl (C=O) groups is 1. The molecule has 1 amide bonds. The number of carbonyl (C=O) groups excluding carboxylic acids is 1. The Balaban J connectivity index is 2.17. The zero-order valence-corrected chi connectivity index (χ0v) is 12.8. The van der Waals surface area contributed by atoms with Gasteiger partial charge >= 0.3 is 0 Å². The number of aliphatic hydroxyl groups excluding tert-OH is 1. The largest absolute Gasteiger partial charge is 0.394 e. The van der Waals surface area contributed by atoms with Gasteiger partial charge in [0.2, 0.25) is 10.0 Å². The quantitative estimate of drug-likeness (QED) is 0.833. The molecule has 2 N–H and O–H groups in total. The number of sulfonamides is 1. The van der Waals surface area contributed by atoms with Crippen LogP contribution in [0, 0.1) is 0 Å². The van der Waals surface area contributed by atoms with E-state index in [2.05, 4.69) is 4.72 Å². The standard InChI is InChI=1S/C14H20N2O4S/c1-2-15-21(19,20)13-7-5-11(6-8-13)14(18)16-9-3-4-12(16)10-17/h5-8,12,15,17H,2-4,9-10H2,1H3. The van der Waals surface area contributed by atoms with Gasteiger partial charge in [0.1, 0.15) is 0 Å². The van der Waals surface area contributed by atoms with Gasteiger partial charge in [-0.05, 0) is 37.1 Å². The van der Waals surface area contributed by atoms with Crippen LogP contribution in [0.3, 0.4) is 0 Å². The Bertz CT molecular complexity index is 598. The molecule has 2 rings (SSSR count). The van der Waals surface area contributed by atoms with Crippen LogP contribution in [0.25, 0.3) is 0 Å². The Morgan fingerprint density at radius 3 is 2.62 bits per heavy atom. The van der Waals surface area contributed by atoms with Crippen LogP contribution >= 0.6 is 0 Å². The highest BCUT2D eigenvalue weighted by molar-refractivity contribution is 7.89. The summed E-state index contributed by atoms with van der Waals surface area (Å²) >= 11 is 0. The summed E-state index contributed by atoms with van der Waals surface area (Å²) in [5.74, 6) is -0.168. The van der Waals surface area contributed by atoms with Crippen molar-refractivity contribution in [3.05, 3.63) is 29.8 Å². The summed E-state index contributed by atoms with van der Waals surface area (Å²) in [7, 11) is -3.50. The maximum Gasteiger partial charge on any atom is 0.254 e. The summed E-state index contributed by atoms with van der Waals surface area (Å²) in [5, 5.41) is 9.26. The molecular formula is C14H20N2O4S. The predicted molar refractivity (Wildman–Crippen MR) is 78.4 cm³/mol. The number of rotatable bonds is 5.